The van der Waals surface area contributed by atoms with Gasteiger partial charge in [0.15, 0.2) is 5.82 Å². The first-order chi connectivity index (χ1) is 15.9. The molecule has 33 heavy (non-hydrogen) atoms. The Morgan fingerprint density at radius 3 is 2.45 bits per heavy atom. The van der Waals surface area contributed by atoms with Gasteiger partial charge in [-0.3, -0.25) is 5.10 Å². The second-order valence-electron chi connectivity index (χ2n) is 9.62. The summed E-state index contributed by atoms with van der Waals surface area (Å²) >= 11 is 0. The lowest BCUT2D eigenvalue weighted by atomic mass is 9.93. The van der Waals surface area contributed by atoms with Crippen molar-refractivity contribution in [3.63, 3.8) is 0 Å². The van der Waals surface area contributed by atoms with Gasteiger partial charge in [0.1, 0.15) is 17.5 Å². The number of amides is 2. The zero-order valence-electron chi connectivity index (χ0n) is 20.3. The third kappa shape index (κ3) is 6.34. The topological polar surface area (TPSA) is 105 Å². The maximum Gasteiger partial charge on any atom is 0.317 e. The van der Waals surface area contributed by atoms with E-state index in [1.165, 1.54) is 0 Å². The van der Waals surface area contributed by atoms with Gasteiger partial charge < -0.3 is 25.3 Å². The molecule has 0 spiro atoms. The molecule has 2 aromatic rings. The molecule has 2 saturated heterocycles. The molecule has 2 fully saturated rings. The lowest BCUT2D eigenvalue weighted by Crippen LogP contribution is -2.46. The van der Waals surface area contributed by atoms with Crippen LogP contribution >= 0.6 is 0 Å². The van der Waals surface area contributed by atoms with Crippen molar-refractivity contribution in [1.29, 1.82) is 0 Å². The van der Waals surface area contributed by atoms with Crippen LogP contribution in [0.25, 0.3) is 0 Å². The number of piperidine rings is 1. The predicted octanol–water partition coefficient (Wildman–Crippen LogP) is 2.38. The van der Waals surface area contributed by atoms with Crippen LogP contribution in [0.4, 0.5) is 22.2 Å². The van der Waals surface area contributed by atoms with Crippen molar-refractivity contribution in [3.8, 4) is 0 Å². The molecule has 2 aliphatic rings. The zero-order chi connectivity index (χ0) is 23.4. The fraction of sp³-hybridized carbons (Fsp3) is 0.652. The average molecular weight is 456 g/mol. The summed E-state index contributed by atoms with van der Waals surface area (Å²) in [7, 11) is 2.16. The Kier molecular flexibility index (Phi) is 7.32. The van der Waals surface area contributed by atoms with E-state index in [9.17, 15) is 4.79 Å². The molecule has 0 saturated carbocycles. The molecule has 0 atom stereocenters. The zero-order valence-corrected chi connectivity index (χ0v) is 20.3. The van der Waals surface area contributed by atoms with Crippen molar-refractivity contribution < 1.29 is 4.79 Å². The largest absolute Gasteiger partial charge is 0.354 e. The number of aryl methyl sites for hydroxylation is 1. The van der Waals surface area contributed by atoms with E-state index in [0.717, 1.165) is 87.5 Å². The molecule has 0 aromatic carbocycles. The van der Waals surface area contributed by atoms with Crippen LogP contribution in [0, 0.1) is 12.8 Å². The summed E-state index contributed by atoms with van der Waals surface area (Å²) in [4.78, 5) is 28.7. The maximum absolute atomic E-state index is 12.3. The number of anilines is 3. The molecule has 2 aliphatic heterocycles. The van der Waals surface area contributed by atoms with Crippen LogP contribution in [0.5, 0.6) is 0 Å². The van der Waals surface area contributed by atoms with E-state index < -0.39 is 0 Å². The highest BCUT2D eigenvalue weighted by molar-refractivity contribution is 5.74. The van der Waals surface area contributed by atoms with Gasteiger partial charge in [0, 0.05) is 69.6 Å². The molecule has 0 aliphatic carbocycles. The normalized spacial score (nSPS) is 18.1. The van der Waals surface area contributed by atoms with Crippen LogP contribution in [-0.2, 0) is 6.42 Å². The second-order valence-corrected chi connectivity index (χ2v) is 9.62. The number of urea groups is 1. The number of H-pyrrole nitrogens is 1. The molecule has 10 heteroatoms. The quantitative estimate of drug-likeness (QED) is 0.614. The van der Waals surface area contributed by atoms with Gasteiger partial charge in [-0.05, 0) is 46.6 Å². The number of nitrogens with zero attached hydrogens (tertiary/aromatic N) is 6. The Labute approximate surface area is 196 Å². The number of hydrogen-bond donors (Lipinski definition) is 3. The molecule has 0 bridgehead atoms. The molecule has 4 rings (SSSR count). The van der Waals surface area contributed by atoms with E-state index in [2.05, 4.69) is 37.7 Å². The highest BCUT2D eigenvalue weighted by atomic mass is 16.2. The third-order valence-corrected chi connectivity index (χ3v) is 6.33. The number of rotatable bonds is 6. The number of nitrogens with one attached hydrogen (secondary N) is 3. The summed E-state index contributed by atoms with van der Waals surface area (Å²) < 4.78 is 0. The molecule has 2 aromatic heterocycles. The summed E-state index contributed by atoms with van der Waals surface area (Å²) in [6.07, 6.45) is 2.75. The van der Waals surface area contributed by atoms with Crippen molar-refractivity contribution >= 4 is 23.5 Å². The number of carbonyl (C=O) groups is 1. The van der Waals surface area contributed by atoms with Gasteiger partial charge in [-0.25, -0.2) is 14.8 Å². The van der Waals surface area contributed by atoms with Gasteiger partial charge in [0.2, 0.25) is 0 Å². The van der Waals surface area contributed by atoms with E-state index in [0.29, 0.717) is 5.92 Å². The maximum atomic E-state index is 12.3. The van der Waals surface area contributed by atoms with Gasteiger partial charge in [0.25, 0.3) is 0 Å². The first-order valence-corrected chi connectivity index (χ1v) is 12.0. The minimum atomic E-state index is 0.0394. The standard InChI is InChI=1S/C23H37N9O/c1-16(2)24-23(33)32-7-5-18(6-8-32)14-19-25-20(26-21-13-17(3)28-29-21)15-22(27-19)31-11-9-30(4)10-12-31/h13,15-16,18H,5-12,14H2,1-4H3,(H,24,33)(H2,25,26,27,28,29). The molecule has 4 heterocycles. The number of aromatic amines is 1. The summed E-state index contributed by atoms with van der Waals surface area (Å²) in [5.41, 5.74) is 0.999. The first kappa shape index (κ1) is 23.3. The minimum absolute atomic E-state index is 0.0394. The van der Waals surface area contributed by atoms with Crippen LogP contribution in [0.3, 0.4) is 0 Å². The molecular weight excluding hydrogens is 418 g/mol. The average Bonchev–Trinajstić information content (AvgIpc) is 3.18. The Morgan fingerprint density at radius 1 is 1.09 bits per heavy atom. The number of hydrogen-bond acceptors (Lipinski definition) is 7. The number of aromatic nitrogens is 4. The Balaban J connectivity index is 1.45. The summed E-state index contributed by atoms with van der Waals surface area (Å²) in [6, 6.07) is 4.19. The summed E-state index contributed by atoms with van der Waals surface area (Å²) in [6.45, 7) is 11.5. The van der Waals surface area contributed by atoms with E-state index in [4.69, 9.17) is 9.97 Å². The number of carbonyl (C=O) groups excluding carboxylic acids is 1. The van der Waals surface area contributed by atoms with Crippen LogP contribution in [0.15, 0.2) is 12.1 Å². The van der Waals surface area contributed by atoms with Gasteiger partial charge in [-0.15, -0.1) is 0 Å². The number of likely N-dealkylation sites (N-methyl/N-ethyl adjacent to an activating group) is 1. The van der Waals surface area contributed by atoms with Gasteiger partial charge >= 0.3 is 6.03 Å². The summed E-state index contributed by atoms with van der Waals surface area (Å²) in [5.74, 6) is 3.82. The van der Waals surface area contributed by atoms with Crippen LogP contribution < -0.4 is 15.5 Å². The van der Waals surface area contributed by atoms with Crippen molar-refractivity contribution in [2.75, 3.05) is 56.5 Å². The molecular formula is C23H37N9O. The van der Waals surface area contributed by atoms with Gasteiger partial charge in [0.05, 0.1) is 0 Å². The lowest BCUT2D eigenvalue weighted by molar-refractivity contribution is 0.168. The Hall–Kier alpha value is -2.88. The number of piperazine rings is 1. The fourth-order valence-electron chi connectivity index (χ4n) is 4.39. The smallest absolute Gasteiger partial charge is 0.317 e. The number of likely N-dealkylation sites (tertiary alicyclic amines) is 1. The predicted molar refractivity (Wildman–Crippen MR) is 130 cm³/mol. The van der Waals surface area contributed by atoms with Crippen molar-refractivity contribution in [2.45, 2.75) is 46.1 Å². The molecule has 3 N–H and O–H groups in total. The molecule has 2 amide bonds. The minimum Gasteiger partial charge on any atom is -0.354 e. The highest BCUT2D eigenvalue weighted by Gasteiger charge is 2.25. The Bertz CT molecular complexity index is 928. The van der Waals surface area contributed by atoms with Gasteiger partial charge in [-0.1, -0.05) is 0 Å². The van der Waals surface area contributed by atoms with Crippen molar-refractivity contribution in [2.24, 2.45) is 5.92 Å². The summed E-state index contributed by atoms with van der Waals surface area (Å²) in [5, 5.41) is 13.6. The molecule has 0 unspecified atom stereocenters. The molecule has 10 nitrogen and oxygen atoms in total. The van der Waals surface area contributed by atoms with E-state index in [-0.39, 0.29) is 12.1 Å². The van der Waals surface area contributed by atoms with Crippen LogP contribution in [0.1, 0.15) is 38.2 Å². The Morgan fingerprint density at radius 2 is 1.82 bits per heavy atom. The molecule has 180 valence electrons. The van der Waals surface area contributed by atoms with Crippen molar-refractivity contribution in [3.05, 3.63) is 23.7 Å². The van der Waals surface area contributed by atoms with Crippen LogP contribution in [-0.4, -0.2) is 88.4 Å². The monoisotopic (exact) mass is 455 g/mol. The van der Waals surface area contributed by atoms with E-state index in [1.54, 1.807) is 0 Å². The third-order valence-electron chi connectivity index (χ3n) is 6.33. The van der Waals surface area contributed by atoms with E-state index >= 15 is 0 Å². The van der Waals surface area contributed by atoms with Crippen LogP contribution in [0.2, 0.25) is 0 Å². The van der Waals surface area contributed by atoms with Gasteiger partial charge in [-0.2, -0.15) is 5.10 Å². The highest BCUT2D eigenvalue weighted by Crippen LogP contribution is 2.25. The second kappa shape index (κ2) is 10.4. The van der Waals surface area contributed by atoms with E-state index in [1.807, 2.05) is 37.8 Å². The SMILES string of the molecule is Cc1cc(Nc2cc(N3CCN(C)CC3)nc(CC3CCN(C(=O)NC(C)C)CC3)n2)n[nH]1. The molecule has 0 radical (unpaired) electrons. The lowest BCUT2D eigenvalue weighted by Gasteiger charge is -2.34. The van der Waals surface area contributed by atoms with Crippen molar-refractivity contribution in [1.82, 2.24) is 35.3 Å². The first-order valence-electron chi connectivity index (χ1n) is 12.0. The fourth-order valence-corrected chi connectivity index (χ4v) is 4.39.